The van der Waals surface area contributed by atoms with Crippen molar-refractivity contribution < 1.29 is 0 Å². The van der Waals surface area contributed by atoms with Crippen LogP contribution < -0.4 is 0 Å². The zero-order valence-corrected chi connectivity index (χ0v) is 21.7. The summed E-state index contributed by atoms with van der Waals surface area (Å²) in [7, 11) is 6.64. The number of nitrogens with one attached hydrogen (secondary N) is 1. The number of hydrogen-bond acceptors (Lipinski definition) is 2. The fourth-order valence-electron chi connectivity index (χ4n) is 6.62. The molecule has 1 aliphatic rings. The van der Waals surface area contributed by atoms with Crippen molar-refractivity contribution in [1.29, 1.82) is 0 Å². The number of aromatic nitrogens is 3. The van der Waals surface area contributed by atoms with Gasteiger partial charge in [-0.05, 0) is 81.4 Å². The number of fused-ring (bicyclic) bond motifs is 2. The van der Waals surface area contributed by atoms with Crippen LogP contribution in [0.25, 0.3) is 21.9 Å². The maximum absolute atomic E-state index is 4.95. The summed E-state index contributed by atoms with van der Waals surface area (Å²) in [5.41, 5.74) is 8.07. The summed E-state index contributed by atoms with van der Waals surface area (Å²) in [4.78, 5) is 11.3. The average molecular weight is 477 g/mol. The molecule has 0 unspecified atom stereocenters. The van der Waals surface area contributed by atoms with Crippen LogP contribution in [-0.4, -0.2) is 33.5 Å². The van der Waals surface area contributed by atoms with E-state index in [1.54, 1.807) is 0 Å². The number of H-pyrrole nitrogens is 1. The molecule has 0 spiro atoms. The van der Waals surface area contributed by atoms with Crippen molar-refractivity contribution >= 4 is 21.9 Å². The molecule has 0 amide bonds. The minimum atomic E-state index is 0.122. The molecule has 1 N–H and O–H groups in total. The predicted molar refractivity (Wildman–Crippen MR) is 149 cm³/mol. The molecule has 4 heteroatoms. The number of para-hydroxylation sites is 3. The van der Waals surface area contributed by atoms with Crippen LogP contribution in [0.2, 0.25) is 0 Å². The third-order valence-electron chi connectivity index (χ3n) is 8.71. The highest BCUT2D eigenvalue weighted by atomic mass is 15.1. The molecule has 0 aliphatic heterocycles. The summed E-state index contributed by atoms with van der Waals surface area (Å²) in [6, 6.07) is 28.4. The molecule has 0 bridgehead atoms. The second-order valence-electron chi connectivity index (χ2n) is 10.7. The second kappa shape index (κ2) is 9.25. The fourth-order valence-corrected chi connectivity index (χ4v) is 6.62. The second-order valence-corrected chi connectivity index (χ2v) is 10.7. The molecule has 1 aliphatic carbocycles. The first-order valence-corrected chi connectivity index (χ1v) is 13.3. The van der Waals surface area contributed by atoms with E-state index < -0.39 is 0 Å². The zero-order valence-electron chi connectivity index (χ0n) is 21.7. The monoisotopic (exact) mass is 476 g/mol. The van der Waals surface area contributed by atoms with E-state index in [2.05, 4.69) is 114 Å². The first kappa shape index (κ1) is 23.1. The topological polar surface area (TPSA) is 36.9 Å². The van der Waals surface area contributed by atoms with Crippen LogP contribution in [-0.2, 0) is 25.4 Å². The van der Waals surface area contributed by atoms with Gasteiger partial charge in [-0.2, -0.15) is 0 Å². The highest BCUT2D eigenvalue weighted by Crippen LogP contribution is 2.47. The van der Waals surface area contributed by atoms with Gasteiger partial charge in [0, 0.05) is 35.6 Å². The summed E-state index contributed by atoms with van der Waals surface area (Å²) in [6.45, 7) is 0. The van der Waals surface area contributed by atoms with Gasteiger partial charge in [-0.15, -0.1) is 0 Å². The van der Waals surface area contributed by atoms with Crippen LogP contribution in [0.5, 0.6) is 0 Å². The molecule has 2 heterocycles. The van der Waals surface area contributed by atoms with Crippen molar-refractivity contribution in [2.75, 3.05) is 14.1 Å². The number of aromatic amines is 1. The van der Waals surface area contributed by atoms with Gasteiger partial charge in [0.25, 0.3) is 0 Å². The van der Waals surface area contributed by atoms with E-state index in [4.69, 9.17) is 4.98 Å². The van der Waals surface area contributed by atoms with Crippen molar-refractivity contribution in [2.45, 2.75) is 50.0 Å². The standard InChI is InChI=1S/C32H36N4/c1-35(2)32(24-11-5-4-6-12-24)21-19-23(20-22-32)31-26(25-13-7-8-14-27(25)34-31)17-18-30-33-28-15-9-10-16-29(28)36(30)3/h4-16,23,34H,17-22H2,1-3H3. The number of imidazole rings is 1. The first-order valence-electron chi connectivity index (χ1n) is 13.3. The maximum atomic E-state index is 4.95. The highest BCUT2D eigenvalue weighted by molar-refractivity contribution is 5.85. The Bertz CT molecular complexity index is 1480. The summed E-state index contributed by atoms with van der Waals surface area (Å²) in [6.07, 6.45) is 6.68. The van der Waals surface area contributed by atoms with Gasteiger partial charge >= 0.3 is 0 Å². The van der Waals surface area contributed by atoms with Gasteiger partial charge in [0.2, 0.25) is 0 Å². The summed E-state index contributed by atoms with van der Waals surface area (Å²) < 4.78 is 2.26. The van der Waals surface area contributed by atoms with Crippen molar-refractivity contribution in [2.24, 2.45) is 7.05 Å². The Hall–Kier alpha value is -3.37. The minimum Gasteiger partial charge on any atom is -0.358 e. The third kappa shape index (κ3) is 3.84. The quantitative estimate of drug-likeness (QED) is 0.288. The Balaban J connectivity index is 1.30. The SMILES string of the molecule is CN(C)C1(c2ccccc2)CCC(c2[nH]c3ccccc3c2CCc2nc3ccccc3n2C)CC1. The van der Waals surface area contributed by atoms with E-state index in [9.17, 15) is 0 Å². The summed E-state index contributed by atoms with van der Waals surface area (Å²) in [5.74, 6) is 1.72. The number of rotatable bonds is 6. The molecule has 0 radical (unpaired) electrons. The van der Waals surface area contributed by atoms with Crippen LogP contribution in [0.4, 0.5) is 0 Å². The van der Waals surface area contributed by atoms with E-state index in [-0.39, 0.29) is 5.54 Å². The Labute approximate surface area is 214 Å². The smallest absolute Gasteiger partial charge is 0.109 e. The Morgan fingerprint density at radius 2 is 1.58 bits per heavy atom. The van der Waals surface area contributed by atoms with Crippen LogP contribution in [0, 0.1) is 0 Å². The van der Waals surface area contributed by atoms with E-state index in [0.717, 1.165) is 24.2 Å². The summed E-state index contributed by atoms with van der Waals surface area (Å²) in [5, 5.41) is 1.37. The lowest BCUT2D eigenvalue weighted by molar-refractivity contribution is 0.0903. The molecule has 1 saturated carbocycles. The van der Waals surface area contributed by atoms with Gasteiger partial charge in [-0.1, -0.05) is 60.7 Å². The lowest BCUT2D eigenvalue weighted by atomic mass is 9.70. The van der Waals surface area contributed by atoms with Crippen LogP contribution in [0.1, 0.15) is 54.2 Å². The van der Waals surface area contributed by atoms with Crippen molar-refractivity contribution in [1.82, 2.24) is 19.4 Å². The number of aryl methyl sites for hydroxylation is 3. The number of nitrogens with zero attached hydrogens (tertiary/aromatic N) is 3. The van der Waals surface area contributed by atoms with Gasteiger partial charge in [0.05, 0.1) is 11.0 Å². The number of hydrogen-bond donors (Lipinski definition) is 1. The normalized spacial score (nSPS) is 20.5. The molecule has 184 valence electrons. The van der Waals surface area contributed by atoms with Gasteiger partial charge in [-0.25, -0.2) is 4.98 Å². The lowest BCUT2D eigenvalue weighted by Crippen LogP contribution is -2.44. The van der Waals surface area contributed by atoms with Gasteiger partial charge in [0.15, 0.2) is 0 Å². The van der Waals surface area contributed by atoms with Crippen LogP contribution in [0.15, 0.2) is 78.9 Å². The van der Waals surface area contributed by atoms with Crippen molar-refractivity contribution in [3.63, 3.8) is 0 Å². The average Bonchev–Trinajstić information content (AvgIpc) is 3.45. The van der Waals surface area contributed by atoms with E-state index in [1.165, 1.54) is 58.9 Å². The molecule has 36 heavy (non-hydrogen) atoms. The van der Waals surface area contributed by atoms with Crippen LogP contribution in [0.3, 0.4) is 0 Å². The molecular weight excluding hydrogens is 440 g/mol. The van der Waals surface area contributed by atoms with Crippen molar-refractivity contribution in [3.05, 3.63) is 102 Å². The van der Waals surface area contributed by atoms with E-state index >= 15 is 0 Å². The molecule has 4 nitrogen and oxygen atoms in total. The molecule has 6 rings (SSSR count). The zero-order chi connectivity index (χ0) is 24.7. The number of benzene rings is 3. The van der Waals surface area contributed by atoms with Crippen LogP contribution >= 0.6 is 0 Å². The molecule has 2 aromatic heterocycles. The first-order chi connectivity index (χ1) is 17.6. The Kier molecular flexibility index (Phi) is 5.93. The molecule has 0 saturated heterocycles. The van der Waals surface area contributed by atoms with E-state index in [0.29, 0.717) is 5.92 Å². The maximum Gasteiger partial charge on any atom is 0.109 e. The lowest BCUT2D eigenvalue weighted by Gasteiger charge is -2.45. The van der Waals surface area contributed by atoms with Crippen molar-refractivity contribution in [3.8, 4) is 0 Å². The summed E-state index contributed by atoms with van der Waals surface area (Å²) >= 11 is 0. The molecular formula is C32H36N4. The Morgan fingerprint density at radius 1 is 0.889 bits per heavy atom. The molecule has 0 atom stereocenters. The van der Waals surface area contributed by atoms with Gasteiger partial charge in [-0.3, -0.25) is 4.90 Å². The van der Waals surface area contributed by atoms with E-state index in [1.807, 2.05) is 0 Å². The van der Waals surface area contributed by atoms with Gasteiger partial charge in [0.1, 0.15) is 5.82 Å². The Morgan fingerprint density at radius 3 is 2.33 bits per heavy atom. The molecule has 1 fully saturated rings. The third-order valence-corrected chi connectivity index (χ3v) is 8.71. The van der Waals surface area contributed by atoms with Gasteiger partial charge < -0.3 is 9.55 Å². The minimum absolute atomic E-state index is 0.122. The predicted octanol–water partition coefficient (Wildman–Crippen LogP) is 6.95. The largest absolute Gasteiger partial charge is 0.358 e. The molecule has 3 aromatic carbocycles. The molecule has 5 aromatic rings. The highest BCUT2D eigenvalue weighted by Gasteiger charge is 2.39. The fraction of sp³-hybridized carbons (Fsp3) is 0.344.